The fourth-order valence-corrected chi connectivity index (χ4v) is 4.49. The molecule has 1 fully saturated rings. The molecule has 1 aromatic rings. The molecule has 6 nitrogen and oxygen atoms in total. The maximum absolute atomic E-state index is 12.6. The number of allylic oxidation sites excluding steroid dienone is 1. The van der Waals surface area contributed by atoms with Crippen LogP contribution in [0.5, 0.6) is 0 Å². The lowest BCUT2D eigenvalue weighted by atomic mass is 10.2. The summed E-state index contributed by atoms with van der Waals surface area (Å²) in [7, 11) is 0. The van der Waals surface area contributed by atoms with Crippen LogP contribution in [0.4, 0.5) is 0 Å². The molecule has 130 valence electrons. The fraction of sp³-hybridized carbons (Fsp3) is 0.389. The Kier molecular flexibility index (Phi) is 4.25. The molecule has 1 N–H and O–H groups in total. The molecule has 3 heterocycles. The Hall–Kier alpha value is -2.28. The van der Waals surface area contributed by atoms with Gasteiger partial charge in [-0.2, -0.15) is 0 Å². The van der Waals surface area contributed by atoms with Gasteiger partial charge in [-0.1, -0.05) is 30.3 Å². The predicted molar refractivity (Wildman–Crippen MR) is 97.7 cm³/mol. The largest absolute Gasteiger partial charge is 0.346 e. The van der Waals surface area contributed by atoms with E-state index in [1.165, 1.54) is 11.8 Å². The van der Waals surface area contributed by atoms with Gasteiger partial charge in [0.2, 0.25) is 5.91 Å². The zero-order valence-corrected chi connectivity index (χ0v) is 14.9. The summed E-state index contributed by atoms with van der Waals surface area (Å²) < 4.78 is 0. The molecule has 2 amide bonds. The predicted octanol–water partition coefficient (Wildman–Crippen LogP) is 1.55. The van der Waals surface area contributed by atoms with E-state index in [0.717, 1.165) is 29.5 Å². The summed E-state index contributed by atoms with van der Waals surface area (Å²) in [6.45, 7) is 4.74. The fourth-order valence-electron chi connectivity index (χ4n) is 3.40. The molecule has 3 aliphatic rings. The van der Waals surface area contributed by atoms with Crippen molar-refractivity contribution in [2.45, 2.75) is 25.9 Å². The Balaban J connectivity index is 1.37. The topological polar surface area (TPSA) is 65.0 Å². The van der Waals surface area contributed by atoms with Gasteiger partial charge in [-0.25, -0.2) is 0 Å². The molecule has 0 aromatic heterocycles. The van der Waals surface area contributed by atoms with Crippen molar-refractivity contribution < 1.29 is 9.59 Å². The van der Waals surface area contributed by atoms with E-state index in [1.807, 2.05) is 42.2 Å². The van der Waals surface area contributed by atoms with Crippen LogP contribution in [-0.4, -0.2) is 52.5 Å². The van der Waals surface area contributed by atoms with E-state index in [1.54, 1.807) is 0 Å². The molecule has 25 heavy (non-hydrogen) atoms. The normalized spacial score (nSPS) is 22.5. The number of amides is 2. The summed E-state index contributed by atoms with van der Waals surface area (Å²) in [6, 6.07) is 9.78. The number of carbonyl (C=O) groups is 2. The van der Waals surface area contributed by atoms with Gasteiger partial charge in [0.15, 0.2) is 5.17 Å². The van der Waals surface area contributed by atoms with Gasteiger partial charge in [0, 0.05) is 31.8 Å². The van der Waals surface area contributed by atoms with Gasteiger partial charge in [-0.05, 0) is 24.2 Å². The molecule has 0 bridgehead atoms. The minimum absolute atomic E-state index is 0.0870. The third-order valence-corrected chi connectivity index (χ3v) is 5.92. The Labute approximate surface area is 151 Å². The summed E-state index contributed by atoms with van der Waals surface area (Å²) in [6.07, 6.45) is 0.361. The second kappa shape index (κ2) is 6.55. The number of nitrogens with one attached hydrogen (secondary N) is 1. The number of hydrogen-bond donors (Lipinski definition) is 1. The van der Waals surface area contributed by atoms with E-state index in [-0.39, 0.29) is 17.9 Å². The summed E-state index contributed by atoms with van der Waals surface area (Å²) in [5.74, 6) is -0.0112. The summed E-state index contributed by atoms with van der Waals surface area (Å²) >= 11 is 1.43. The third kappa shape index (κ3) is 3.16. The monoisotopic (exact) mass is 356 g/mol. The van der Waals surface area contributed by atoms with E-state index in [9.17, 15) is 9.59 Å². The smallest absolute Gasteiger partial charge is 0.260 e. The molecule has 1 saturated heterocycles. The van der Waals surface area contributed by atoms with Crippen molar-refractivity contribution in [3.8, 4) is 0 Å². The van der Waals surface area contributed by atoms with Crippen LogP contribution in [0.3, 0.4) is 0 Å². The molecule has 0 saturated carbocycles. The van der Waals surface area contributed by atoms with Gasteiger partial charge in [-0.3, -0.25) is 14.6 Å². The number of fused-ring (bicyclic) bond motifs is 1. The van der Waals surface area contributed by atoms with Crippen LogP contribution in [-0.2, 0) is 16.1 Å². The van der Waals surface area contributed by atoms with Crippen LogP contribution in [0, 0.1) is 0 Å². The number of thioether (sulfide) groups is 1. The molecular formula is C18H20N4O2S. The first-order chi connectivity index (χ1) is 12.1. The summed E-state index contributed by atoms with van der Waals surface area (Å²) in [5, 5.41) is 3.94. The van der Waals surface area contributed by atoms with E-state index in [2.05, 4.69) is 15.2 Å². The van der Waals surface area contributed by atoms with E-state index < -0.39 is 0 Å². The van der Waals surface area contributed by atoms with Crippen LogP contribution in [0.15, 0.2) is 45.9 Å². The third-order valence-electron chi connectivity index (χ3n) is 4.70. The van der Waals surface area contributed by atoms with E-state index in [4.69, 9.17) is 0 Å². The number of nitrogens with zero attached hydrogens (tertiary/aromatic N) is 3. The van der Waals surface area contributed by atoms with E-state index >= 15 is 0 Å². The van der Waals surface area contributed by atoms with Crippen molar-refractivity contribution in [2.24, 2.45) is 4.99 Å². The highest BCUT2D eigenvalue weighted by molar-refractivity contribution is 8.18. The molecule has 7 heteroatoms. The zero-order valence-electron chi connectivity index (χ0n) is 14.1. The Morgan fingerprint density at radius 3 is 2.92 bits per heavy atom. The molecule has 0 spiro atoms. The first-order valence-corrected chi connectivity index (χ1v) is 9.27. The highest BCUT2D eigenvalue weighted by Gasteiger charge is 2.36. The highest BCUT2D eigenvalue weighted by Crippen LogP contribution is 2.36. The number of aliphatic imine (C=N–C) groups is 1. The van der Waals surface area contributed by atoms with Crippen LogP contribution in [0.2, 0.25) is 0 Å². The van der Waals surface area contributed by atoms with Crippen molar-refractivity contribution in [2.75, 3.05) is 19.6 Å². The highest BCUT2D eigenvalue weighted by atomic mass is 32.2. The molecule has 1 aromatic carbocycles. The standard InChI is InChI=1S/C18H20N4O2S/c1-12-16(25-18-19-7-8-22(12)18)17(24)20-14-9-15(23)21(11-14)10-13-5-3-2-4-6-13/h2-6,14H,7-11H2,1H3,(H,20,24)/t14-/m1/s1. The van der Waals surface area contributed by atoms with Crippen LogP contribution in [0.25, 0.3) is 0 Å². The average molecular weight is 356 g/mol. The number of carbonyl (C=O) groups excluding carboxylic acids is 2. The SMILES string of the molecule is CC1=C(C(=O)N[C@@H]2CC(=O)N(Cc3ccccc3)C2)SC2=NCCN21. The van der Waals surface area contributed by atoms with Crippen molar-refractivity contribution in [3.05, 3.63) is 46.5 Å². The lowest BCUT2D eigenvalue weighted by Gasteiger charge is -2.17. The molecule has 1 atom stereocenters. The number of benzene rings is 1. The van der Waals surface area contributed by atoms with Crippen molar-refractivity contribution in [1.29, 1.82) is 0 Å². The number of hydrogen-bond acceptors (Lipinski definition) is 5. The Bertz CT molecular complexity index is 775. The van der Waals surface area contributed by atoms with E-state index in [0.29, 0.717) is 24.4 Å². The average Bonchev–Trinajstić information content (AvgIpc) is 3.26. The van der Waals surface area contributed by atoms with Gasteiger partial charge in [0.25, 0.3) is 5.91 Å². The lowest BCUT2D eigenvalue weighted by molar-refractivity contribution is -0.128. The minimum atomic E-state index is -0.137. The number of amidine groups is 1. The van der Waals surface area contributed by atoms with Crippen LogP contribution in [0.1, 0.15) is 18.9 Å². The first kappa shape index (κ1) is 16.2. The van der Waals surface area contributed by atoms with Crippen LogP contribution >= 0.6 is 11.8 Å². The second-order valence-electron chi connectivity index (χ2n) is 6.47. The van der Waals surface area contributed by atoms with Gasteiger partial charge in [-0.15, -0.1) is 0 Å². The molecule has 0 unspecified atom stereocenters. The molecule has 4 rings (SSSR count). The van der Waals surface area contributed by atoms with Crippen LogP contribution < -0.4 is 5.32 Å². The minimum Gasteiger partial charge on any atom is -0.346 e. The molecule has 0 radical (unpaired) electrons. The first-order valence-electron chi connectivity index (χ1n) is 8.45. The number of rotatable bonds is 4. The zero-order chi connectivity index (χ0) is 17.4. The van der Waals surface area contributed by atoms with Gasteiger partial charge in [0.1, 0.15) is 0 Å². The maximum Gasteiger partial charge on any atom is 0.260 e. The van der Waals surface area contributed by atoms with Crippen molar-refractivity contribution in [1.82, 2.24) is 15.1 Å². The molecule has 3 aliphatic heterocycles. The Morgan fingerprint density at radius 1 is 1.36 bits per heavy atom. The van der Waals surface area contributed by atoms with Gasteiger partial charge in [0.05, 0.1) is 17.5 Å². The number of likely N-dealkylation sites (tertiary alicyclic amines) is 1. The molecular weight excluding hydrogens is 336 g/mol. The van der Waals surface area contributed by atoms with Crippen molar-refractivity contribution >= 4 is 28.7 Å². The lowest BCUT2D eigenvalue weighted by Crippen LogP contribution is -2.37. The second-order valence-corrected chi connectivity index (χ2v) is 7.44. The van der Waals surface area contributed by atoms with Gasteiger partial charge < -0.3 is 15.1 Å². The maximum atomic E-state index is 12.6. The Morgan fingerprint density at radius 2 is 2.16 bits per heavy atom. The van der Waals surface area contributed by atoms with Crippen molar-refractivity contribution in [3.63, 3.8) is 0 Å². The quantitative estimate of drug-likeness (QED) is 0.889. The van der Waals surface area contributed by atoms with Gasteiger partial charge >= 0.3 is 0 Å². The molecule has 0 aliphatic carbocycles. The summed E-state index contributed by atoms with van der Waals surface area (Å²) in [5.41, 5.74) is 2.07. The summed E-state index contributed by atoms with van der Waals surface area (Å²) in [4.78, 5) is 33.9.